The van der Waals surface area contributed by atoms with Crippen molar-refractivity contribution in [3.63, 3.8) is 0 Å². The maximum atomic E-state index is 12.4. The number of fused-ring (bicyclic) bond motifs is 1. The summed E-state index contributed by atoms with van der Waals surface area (Å²) in [5, 5.41) is 13.3. The van der Waals surface area contributed by atoms with Gasteiger partial charge in [-0.1, -0.05) is 13.8 Å². The second-order valence-corrected chi connectivity index (χ2v) is 6.46. The topological polar surface area (TPSA) is 136 Å². The molecule has 27 heavy (non-hydrogen) atoms. The van der Waals surface area contributed by atoms with Gasteiger partial charge in [-0.05, 0) is 18.4 Å². The quantitative estimate of drug-likeness (QED) is 0.322. The molecule has 1 atom stereocenters. The number of esters is 1. The van der Waals surface area contributed by atoms with Crippen molar-refractivity contribution in [3.8, 4) is 0 Å². The fourth-order valence-electron chi connectivity index (χ4n) is 2.75. The second-order valence-electron chi connectivity index (χ2n) is 6.46. The summed E-state index contributed by atoms with van der Waals surface area (Å²) in [5.74, 6) is -2.77. The van der Waals surface area contributed by atoms with Gasteiger partial charge in [0.15, 0.2) is 0 Å². The van der Waals surface area contributed by atoms with Gasteiger partial charge in [0.2, 0.25) is 5.91 Å². The predicted molar refractivity (Wildman–Crippen MR) is 91.9 cm³/mol. The van der Waals surface area contributed by atoms with Crippen LogP contribution in [0.15, 0.2) is 18.2 Å². The Bertz CT molecular complexity index is 819. The van der Waals surface area contributed by atoms with Crippen molar-refractivity contribution >= 4 is 29.4 Å². The van der Waals surface area contributed by atoms with Gasteiger partial charge in [-0.2, -0.15) is 0 Å². The number of hydrogen-bond donors (Lipinski definition) is 1. The van der Waals surface area contributed by atoms with Crippen LogP contribution in [0.3, 0.4) is 0 Å². The standard InChI is InChI=1S/C17H19N3O7/c1-9(2)6-13(17(24)27-3)18-14(21)8-19-15(22)11-5-4-10(20(25)26)7-12(11)16(19)23/h4-5,7,9,13H,6,8H2,1-3H3,(H,18,21)/t13-/m1/s1. The highest BCUT2D eigenvalue weighted by Gasteiger charge is 2.38. The lowest BCUT2D eigenvalue weighted by atomic mass is 10.0. The van der Waals surface area contributed by atoms with Crippen molar-refractivity contribution < 1.29 is 28.8 Å². The number of carbonyl (C=O) groups excluding carboxylic acids is 4. The molecule has 0 radical (unpaired) electrons. The predicted octanol–water partition coefficient (Wildman–Crippen LogP) is 0.895. The Morgan fingerprint density at radius 3 is 2.41 bits per heavy atom. The average Bonchev–Trinajstić information content (AvgIpc) is 2.84. The van der Waals surface area contributed by atoms with Crippen molar-refractivity contribution in [2.45, 2.75) is 26.3 Å². The summed E-state index contributed by atoms with van der Waals surface area (Å²) < 4.78 is 4.65. The Hall–Kier alpha value is -3.30. The summed E-state index contributed by atoms with van der Waals surface area (Å²) in [5.41, 5.74) is -0.470. The Balaban J connectivity index is 2.14. The van der Waals surface area contributed by atoms with Crippen molar-refractivity contribution in [1.82, 2.24) is 10.2 Å². The minimum atomic E-state index is -0.904. The van der Waals surface area contributed by atoms with Crippen molar-refractivity contribution in [2.75, 3.05) is 13.7 Å². The lowest BCUT2D eigenvalue weighted by Crippen LogP contribution is -2.47. The lowest BCUT2D eigenvalue weighted by molar-refractivity contribution is -0.384. The molecule has 1 aliphatic heterocycles. The Morgan fingerprint density at radius 1 is 1.22 bits per heavy atom. The molecule has 0 bridgehead atoms. The molecule has 10 heteroatoms. The molecule has 0 saturated carbocycles. The van der Waals surface area contributed by atoms with Crippen LogP contribution >= 0.6 is 0 Å². The molecule has 144 valence electrons. The molecule has 0 saturated heterocycles. The maximum Gasteiger partial charge on any atom is 0.328 e. The number of nitro groups is 1. The van der Waals surface area contributed by atoms with E-state index in [4.69, 9.17) is 0 Å². The molecule has 0 fully saturated rings. The molecular weight excluding hydrogens is 358 g/mol. The van der Waals surface area contributed by atoms with E-state index in [2.05, 4.69) is 10.1 Å². The number of imide groups is 1. The zero-order chi connectivity index (χ0) is 20.3. The number of ether oxygens (including phenoxy) is 1. The smallest absolute Gasteiger partial charge is 0.328 e. The molecular formula is C17H19N3O7. The number of nitrogens with one attached hydrogen (secondary N) is 1. The molecule has 0 aliphatic carbocycles. The first-order chi connectivity index (χ1) is 12.6. The number of non-ortho nitro benzene ring substituents is 1. The highest BCUT2D eigenvalue weighted by molar-refractivity contribution is 6.22. The number of carbonyl (C=O) groups is 4. The lowest BCUT2D eigenvalue weighted by Gasteiger charge is -2.20. The fourth-order valence-corrected chi connectivity index (χ4v) is 2.75. The van der Waals surface area contributed by atoms with E-state index in [9.17, 15) is 29.3 Å². The van der Waals surface area contributed by atoms with E-state index in [-0.39, 0.29) is 22.7 Å². The normalized spacial score (nSPS) is 14.1. The summed E-state index contributed by atoms with van der Waals surface area (Å²) >= 11 is 0. The Kier molecular flexibility index (Phi) is 5.88. The summed E-state index contributed by atoms with van der Waals surface area (Å²) in [4.78, 5) is 59.6. The number of hydrogen-bond acceptors (Lipinski definition) is 7. The van der Waals surface area contributed by atoms with Crippen LogP contribution in [0.2, 0.25) is 0 Å². The largest absolute Gasteiger partial charge is 0.467 e. The fraction of sp³-hybridized carbons (Fsp3) is 0.412. The molecule has 1 N–H and O–H groups in total. The number of benzene rings is 1. The van der Waals surface area contributed by atoms with E-state index in [0.717, 1.165) is 12.1 Å². The molecule has 1 heterocycles. The molecule has 1 aromatic carbocycles. The molecule has 3 amide bonds. The first kappa shape index (κ1) is 20.0. The molecule has 0 aromatic heterocycles. The summed E-state index contributed by atoms with van der Waals surface area (Å²) in [7, 11) is 1.19. The van der Waals surface area contributed by atoms with Crippen LogP contribution in [0.5, 0.6) is 0 Å². The van der Waals surface area contributed by atoms with Crippen LogP contribution in [0.1, 0.15) is 41.0 Å². The highest BCUT2D eigenvalue weighted by Crippen LogP contribution is 2.26. The minimum absolute atomic E-state index is 0.00917. The Morgan fingerprint density at radius 2 is 1.85 bits per heavy atom. The van der Waals surface area contributed by atoms with Gasteiger partial charge in [-0.25, -0.2) is 4.79 Å². The van der Waals surface area contributed by atoms with Crippen molar-refractivity contribution in [1.29, 1.82) is 0 Å². The molecule has 10 nitrogen and oxygen atoms in total. The molecule has 0 spiro atoms. The SMILES string of the molecule is COC(=O)[C@@H](CC(C)C)NC(=O)CN1C(=O)c2ccc([N+](=O)[O-])cc2C1=O. The van der Waals surface area contributed by atoms with E-state index in [0.29, 0.717) is 11.3 Å². The third kappa shape index (κ3) is 4.27. The van der Waals surface area contributed by atoms with Crippen molar-refractivity contribution in [3.05, 3.63) is 39.4 Å². The van der Waals surface area contributed by atoms with Gasteiger partial charge in [0.25, 0.3) is 17.5 Å². The molecule has 2 rings (SSSR count). The number of methoxy groups -OCH3 is 1. The summed E-state index contributed by atoms with van der Waals surface area (Å²) in [6.45, 7) is 3.12. The first-order valence-corrected chi connectivity index (χ1v) is 8.17. The van der Waals surface area contributed by atoms with E-state index < -0.39 is 41.2 Å². The monoisotopic (exact) mass is 377 g/mol. The summed E-state index contributed by atoms with van der Waals surface area (Å²) in [6, 6.07) is 2.40. The highest BCUT2D eigenvalue weighted by atomic mass is 16.6. The van der Waals surface area contributed by atoms with Crippen LogP contribution in [0, 0.1) is 16.0 Å². The van der Waals surface area contributed by atoms with Gasteiger partial charge in [0.05, 0.1) is 23.2 Å². The van der Waals surface area contributed by atoms with Crippen LogP contribution in [-0.2, 0) is 14.3 Å². The van der Waals surface area contributed by atoms with E-state index in [1.165, 1.54) is 13.2 Å². The Labute approximate surface area is 154 Å². The van der Waals surface area contributed by atoms with Gasteiger partial charge in [-0.3, -0.25) is 29.4 Å². The average molecular weight is 377 g/mol. The van der Waals surface area contributed by atoms with Gasteiger partial charge in [-0.15, -0.1) is 0 Å². The van der Waals surface area contributed by atoms with Gasteiger partial charge in [0, 0.05) is 12.1 Å². The number of nitrogens with zero attached hydrogens (tertiary/aromatic N) is 2. The van der Waals surface area contributed by atoms with Crippen LogP contribution in [-0.4, -0.2) is 53.2 Å². The molecule has 1 aliphatic rings. The minimum Gasteiger partial charge on any atom is -0.467 e. The van der Waals surface area contributed by atoms with E-state index in [1.807, 2.05) is 13.8 Å². The van der Waals surface area contributed by atoms with Crippen LogP contribution < -0.4 is 5.32 Å². The maximum absolute atomic E-state index is 12.4. The summed E-state index contributed by atoms with van der Waals surface area (Å²) in [6.07, 6.45) is 0.326. The van der Waals surface area contributed by atoms with E-state index >= 15 is 0 Å². The molecule has 1 aromatic rings. The third-order valence-corrected chi connectivity index (χ3v) is 3.99. The van der Waals surface area contributed by atoms with Gasteiger partial charge in [0.1, 0.15) is 12.6 Å². The third-order valence-electron chi connectivity index (χ3n) is 3.99. The van der Waals surface area contributed by atoms with Gasteiger partial charge >= 0.3 is 5.97 Å². The zero-order valence-electron chi connectivity index (χ0n) is 15.1. The number of amides is 3. The number of rotatable bonds is 7. The van der Waals surface area contributed by atoms with Crippen LogP contribution in [0.25, 0.3) is 0 Å². The first-order valence-electron chi connectivity index (χ1n) is 8.17. The van der Waals surface area contributed by atoms with Gasteiger partial charge < -0.3 is 10.1 Å². The number of nitro benzene ring substituents is 1. The van der Waals surface area contributed by atoms with Crippen LogP contribution in [0.4, 0.5) is 5.69 Å². The zero-order valence-corrected chi connectivity index (χ0v) is 15.1. The second kappa shape index (κ2) is 7.94. The molecule has 0 unspecified atom stereocenters. The van der Waals surface area contributed by atoms with Crippen molar-refractivity contribution in [2.24, 2.45) is 5.92 Å². The van der Waals surface area contributed by atoms with E-state index in [1.54, 1.807) is 0 Å².